The number of aromatic nitrogens is 4. The predicted molar refractivity (Wildman–Crippen MR) is 146 cm³/mol. The molecule has 1 aromatic carbocycles. The van der Waals surface area contributed by atoms with E-state index in [1.807, 2.05) is 4.90 Å². The maximum atomic E-state index is 13.3. The number of alkyl halides is 5. The van der Waals surface area contributed by atoms with Gasteiger partial charge in [0.1, 0.15) is 5.60 Å². The van der Waals surface area contributed by atoms with Crippen LogP contribution in [0.2, 0.25) is 5.02 Å². The fourth-order valence-corrected chi connectivity index (χ4v) is 6.39. The average molecular weight is 640 g/mol. The van der Waals surface area contributed by atoms with Gasteiger partial charge in [-0.2, -0.15) is 23.3 Å². The molecular weight excluding hydrogens is 617 g/mol. The number of nitrogens with zero attached hydrogens (tertiary/aromatic N) is 6. The monoisotopic (exact) mass is 639 g/mol. The molecule has 5 heterocycles. The number of nitrogens with one attached hydrogen (secondary N) is 1. The van der Waals surface area contributed by atoms with Crippen molar-refractivity contribution < 1.29 is 41.5 Å². The summed E-state index contributed by atoms with van der Waals surface area (Å²) in [6.45, 7) is -0.478. The number of halogens is 6. The number of hydrogen-bond donors (Lipinski definition) is 3. The summed E-state index contributed by atoms with van der Waals surface area (Å²) in [7, 11) is 0. The molecule has 4 aromatic rings. The molecule has 2 aliphatic heterocycles. The molecule has 3 fully saturated rings. The highest BCUT2D eigenvalue weighted by Crippen LogP contribution is 2.57. The molecule has 0 radical (unpaired) electrons. The minimum Gasteiger partial charge on any atom is -0.384 e. The van der Waals surface area contributed by atoms with E-state index in [0.29, 0.717) is 24.2 Å². The van der Waals surface area contributed by atoms with Gasteiger partial charge in [-0.25, -0.2) is 13.3 Å². The zero-order valence-corrected chi connectivity index (χ0v) is 23.3. The molecule has 44 heavy (non-hydrogen) atoms. The molecule has 0 unspecified atom stereocenters. The van der Waals surface area contributed by atoms with Crippen LogP contribution in [0.15, 0.2) is 47.2 Å². The van der Waals surface area contributed by atoms with E-state index in [0.717, 1.165) is 10.6 Å². The van der Waals surface area contributed by atoms with Gasteiger partial charge in [0.05, 0.1) is 41.1 Å². The maximum Gasteiger partial charge on any atom is 0.420 e. The lowest BCUT2D eigenvalue weighted by atomic mass is 9.55. The van der Waals surface area contributed by atoms with Crippen LogP contribution < -0.4 is 15.1 Å². The lowest BCUT2D eigenvalue weighted by molar-refractivity contribution is -0.268. The number of rotatable bonds is 6. The van der Waals surface area contributed by atoms with Gasteiger partial charge in [-0.3, -0.25) is 4.79 Å². The normalized spacial score (nSPS) is 20.0. The van der Waals surface area contributed by atoms with Crippen LogP contribution in [0.4, 0.5) is 39.3 Å². The van der Waals surface area contributed by atoms with Crippen molar-refractivity contribution in [3.05, 3.63) is 53.3 Å². The summed E-state index contributed by atoms with van der Waals surface area (Å²) in [5.41, 5.74) is -3.07. The first-order valence-corrected chi connectivity index (χ1v) is 13.8. The second-order valence-electron chi connectivity index (χ2n) is 11.8. The minimum atomic E-state index is -4.79. The molecule has 3 aromatic heterocycles. The van der Waals surface area contributed by atoms with Gasteiger partial charge in [-0.05, 0) is 43.2 Å². The lowest BCUT2D eigenvalue weighted by Gasteiger charge is -2.62. The molecule has 7 rings (SSSR count). The third-order valence-corrected chi connectivity index (χ3v) is 8.86. The van der Waals surface area contributed by atoms with Crippen LogP contribution in [0.5, 0.6) is 0 Å². The first kappa shape index (κ1) is 28.7. The van der Waals surface area contributed by atoms with Crippen molar-refractivity contribution in [2.24, 2.45) is 5.41 Å². The van der Waals surface area contributed by atoms with Gasteiger partial charge in [0.2, 0.25) is 5.82 Å². The highest BCUT2D eigenvalue weighted by atomic mass is 35.5. The van der Waals surface area contributed by atoms with Crippen LogP contribution in [0.25, 0.3) is 16.9 Å². The van der Waals surface area contributed by atoms with Gasteiger partial charge >= 0.3 is 12.2 Å². The van der Waals surface area contributed by atoms with Crippen molar-refractivity contribution in [1.29, 1.82) is 0 Å². The fraction of sp³-hybridized carbons (Fsp3) is 0.407. The number of benzene rings is 1. The van der Waals surface area contributed by atoms with Crippen LogP contribution in [0.3, 0.4) is 0 Å². The number of hydrogen-bond acceptors (Lipinski definition) is 9. The van der Waals surface area contributed by atoms with Crippen molar-refractivity contribution >= 4 is 40.4 Å². The molecule has 3 N–H and O–H groups in total. The standard InChI is InChI=1S/C27H23ClF5N7O4/c28-17-2-1-14(20-36-23(44-37-20)39-12-26(43,13-39)27(31,32)33)5-18(17)35-21(41)16-7-34-40-4-3-15(6-19(16)40)38-10-24(11-38)8-25(42,9-24)22(29)30/h1-7,22,42-43H,8-13H2,(H,35,41). The average Bonchev–Trinajstić information content (AvgIpc) is 3.56. The van der Waals surface area contributed by atoms with Gasteiger partial charge in [0.25, 0.3) is 12.3 Å². The first-order chi connectivity index (χ1) is 20.7. The van der Waals surface area contributed by atoms with Gasteiger partial charge in [-0.15, -0.1) is 0 Å². The van der Waals surface area contributed by atoms with Gasteiger partial charge in [-0.1, -0.05) is 16.8 Å². The zero-order valence-electron chi connectivity index (χ0n) is 22.5. The summed E-state index contributed by atoms with van der Waals surface area (Å²) in [5.74, 6) is -0.501. The number of β-amino-alcohol motifs (C(OH)–C–C–N with tert-alkyl or cyclic N) is 1. The summed E-state index contributed by atoms with van der Waals surface area (Å²) in [6, 6.07) is 7.87. The Hall–Kier alpha value is -4.02. The Morgan fingerprint density at radius 2 is 1.80 bits per heavy atom. The number of pyridine rings is 1. The smallest absolute Gasteiger partial charge is 0.384 e. The fourth-order valence-electron chi connectivity index (χ4n) is 6.22. The molecule has 11 nitrogen and oxygen atoms in total. The van der Waals surface area contributed by atoms with Crippen LogP contribution in [-0.4, -0.2) is 85.9 Å². The quantitative estimate of drug-likeness (QED) is 0.268. The predicted octanol–water partition coefficient (Wildman–Crippen LogP) is 4.00. The highest BCUT2D eigenvalue weighted by Gasteiger charge is 2.63. The van der Waals surface area contributed by atoms with Crippen LogP contribution in [0.1, 0.15) is 23.2 Å². The van der Waals surface area contributed by atoms with Crippen molar-refractivity contribution in [3.63, 3.8) is 0 Å². The third kappa shape index (κ3) is 4.54. The Balaban J connectivity index is 1.05. The number of aliphatic hydroxyl groups is 2. The molecule has 1 saturated carbocycles. The number of carbonyl (C=O) groups excluding carboxylic acids is 1. The molecule has 0 atom stereocenters. The second kappa shape index (κ2) is 9.49. The summed E-state index contributed by atoms with van der Waals surface area (Å²) in [5, 5.41) is 30.6. The van der Waals surface area contributed by atoms with Crippen LogP contribution in [0, 0.1) is 5.41 Å². The minimum absolute atomic E-state index is 0.0287. The Morgan fingerprint density at radius 1 is 1.07 bits per heavy atom. The van der Waals surface area contributed by atoms with E-state index in [2.05, 4.69) is 20.6 Å². The maximum absolute atomic E-state index is 13.3. The van der Waals surface area contributed by atoms with Gasteiger partial charge < -0.3 is 29.9 Å². The number of carbonyl (C=O) groups is 1. The topological polar surface area (TPSA) is 132 Å². The summed E-state index contributed by atoms with van der Waals surface area (Å²) in [6.07, 6.45) is -4.42. The zero-order chi connectivity index (χ0) is 31.2. The summed E-state index contributed by atoms with van der Waals surface area (Å²) < 4.78 is 71.6. The Kier molecular flexibility index (Phi) is 6.20. The molecule has 0 bridgehead atoms. The molecular formula is C27H23ClF5N7O4. The third-order valence-electron chi connectivity index (χ3n) is 8.53. The number of anilines is 3. The van der Waals surface area contributed by atoms with E-state index in [-0.39, 0.29) is 46.4 Å². The molecule has 232 valence electrons. The Labute approximate surface area is 249 Å². The number of amides is 1. The largest absolute Gasteiger partial charge is 0.420 e. The second-order valence-corrected chi connectivity index (χ2v) is 12.2. The molecule has 1 spiro atoms. The van der Waals surface area contributed by atoms with Crippen molar-refractivity contribution in [2.45, 2.75) is 36.6 Å². The molecule has 2 saturated heterocycles. The Morgan fingerprint density at radius 3 is 2.48 bits per heavy atom. The lowest BCUT2D eigenvalue weighted by Crippen LogP contribution is -2.70. The number of fused-ring (bicyclic) bond motifs is 1. The van der Waals surface area contributed by atoms with E-state index >= 15 is 0 Å². The SMILES string of the molecule is O=C(Nc1cc(-c2noc(N3CC(O)(C(F)(F)F)C3)n2)ccc1Cl)c1cnn2ccc(N3CC4(C3)CC(O)(C(F)F)C4)cc12. The highest BCUT2D eigenvalue weighted by molar-refractivity contribution is 6.34. The first-order valence-electron chi connectivity index (χ1n) is 13.4. The molecule has 1 aliphatic carbocycles. The Bertz CT molecular complexity index is 1770. The van der Waals surface area contributed by atoms with Crippen molar-refractivity contribution in [3.8, 4) is 11.4 Å². The van der Waals surface area contributed by atoms with E-state index in [1.165, 1.54) is 22.8 Å². The molecule has 3 aliphatic rings. The molecule has 17 heteroatoms. The van der Waals surface area contributed by atoms with E-state index in [1.54, 1.807) is 24.4 Å². The van der Waals surface area contributed by atoms with E-state index < -0.39 is 42.8 Å². The molecule has 1 amide bonds. The van der Waals surface area contributed by atoms with E-state index in [4.69, 9.17) is 16.1 Å². The van der Waals surface area contributed by atoms with Crippen LogP contribution in [-0.2, 0) is 0 Å². The van der Waals surface area contributed by atoms with Gasteiger partial charge in [0.15, 0.2) is 5.60 Å². The van der Waals surface area contributed by atoms with Crippen molar-refractivity contribution in [1.82, 2.24) is 19.8 Å². The van der Waals surface area contributed by atoms with Gasteiger partial charge in [0, 0.05) is 36.0 Å². The van der Waals surface area contributed by atoms with E-state index in [9.17, 15) is 37.0 Å². The van der Waals surface area contributed by atoms with Crippen molar-refractivity contribution in [2.75, 3.05) is 41.3 Å². The van der Waals surface area contributed by atoms with Crippen LogP contribution >= 0.6 is 11.6 Å². The summed E-state index contributed by atoms with van der Waals surface area (Å²) >= 11 is 6.33. The summed E-state index contributed by atoms with van der Waals surface area (Å²) in [4.78, 5) is 20.5.